The van der Waals surface area contributed by atoms with E-state index in [0.29, 0.717) is 5.54 Å². The maximum absolute atomic E-state index is 3.44. The van der Waals surface area contributed by atoms with Gasteiger partial charge in [-0.05, 0) is 25.9 Å². The number of nitrogens with one attached hydrogen (secondary N) is 3. The van der Waals surface area contributed by atoms with Gasteiger partial charge in [0.25, 0.3) is 0 Å². The molecule has 2 heterocycles. The molecule has 3 nitrogen and oxygen atoms in total. The van der Waals surface area contributed by atoms with Crippen molar-refractivity contribution in [1.29, 1.82) is 0 Å². The van der Waals surface area contributed by atoms with Crippen LogP contribution in [0.25, 0.3) is 0 Å². The topological polar surface area (TPSA) is 36.1 Å². The lowest BCUT2D eigenvalue weighted by Crippen LogP contribution is -2.49. The van der Waals surface area contributed by atoms with Gasteiger partial charge >= 0.3 is 0 Å². The second-order valence-corrected chi connectivity index (χ2v) is 3.75. The van der Waals surface area contributed by atoms with Gasteiger partial charge in [-0.3, -0.25) is 0 Å². The Morgan fingerprint density at radius 3 is 2.60 bits per heavy atom. The van der Waals surface area contributed by atoms with Crippen LogP contribution < -0.4 is 14.8 Å². The maximum Gasteiger partial charge on any atom is 0.0453 e. The molecule has 0 aromatic heterocycles. The molecule has 2 rings (SSSR count). The molecule has 0 unspecified atom stereocenters. The van der Waals surface area contributed by atoms with E-state index in [2.05, 4.69) is 14.8 Å². The Morgan fingerprint density at radius 2 is 2.00 bits per heavy atom. The van der Waals surface area contributed by atoms with Gasteiger partial charge in [0.2, 0.25) is 0 Å². The minimum atomic E-state index is 0.413. The fraction of sp³-hybridized carbons (Fsp3) is 1.00. The van der Waals surface area contributed by atoms with Gasteiger partial charge < -0.3 is 5.32 Å². The van der Waals surface area contributed by atoms with Crippen molar-refractivity contribution < 1.29 is 0 Å². The van der Waals surface area contributed by atoms with Crippen LogP contribution in [0.1, 0.15) is 12.8 Å². The summed E-state index contributed by atoms with van der Waals surface area (Å²) in [5.74, 6) is 0. The van der Waals surface area contributed by atoms with Crippen molar-refractivity contribution >= 4 is 12.1 Å². The third kappa shape index (κ3) is 1.16. The molecule has 58 valence electrons. The molecule has 0 amide bonds. The average molecular weight is 159 g/mol. The van der Waals surface area contributed by atoms with Crippen LogP contribution in [0, 0.1) is 0 Å². The first-order chi connectivity index (χ1) is 4.91. The van der Waals surface area contributed by atoms with E-state index < -0.39 is 0 Å². The Hall–Kier alpha value is 0.230. The van der Waals surface area contributed by atoms with Crippen molar-refractivity contribution in [1.82, 2.24) is 14.8 Å². The predicted octanol–water partition coefficient (Wildman–Crippen LogP) is -0.135. The van der Waals surface area contributed by atoms with Crippen LogP contribution in [0.2, 0.25) is 0 Å². The molecule has 10 heavy (non-hydrogen) atoms. The van der Waals surface area contributed by atoms with Crippen LogP contribution in [0.3, 0.4) is 0 Å². The Morgan fingerprint density at radius 1 is 1.20 bits per heavy atom. The van der Waals surface area contributed by atoms with E-state index in [0.717, 1.165) is 19.6 Å². The molecule has 0 bridgehead atoms. The number of hydrogen-bond acceptors (Lipinski definition) is 4. The maximum atomic E-state index is 3.44. The molecule has 3 N–H and O–H groups in total. The van der Waals surface area contributed by atoms with Gasteiger partial charge in [-0.1, -0.05) is 0 Å². The van der Waals surface area contributed by atoms with Crippen LogP contribution in [0.4, 0.5) is 0 Å². The highest BCUT2D eigenvalue weighted by molar-refractivity contribution is 7.95. The molecular weight excluding hydrogens is 146 g/mol. The van der Waals surface area contributed by atoms with Gasteiger partial charge in [0.1, 0.15) is 0 Å². The first-order valence-corrected chi connectivity index (χ1v) is 4.60. The third-order valence-corrected chi connectivity index (χ3v) is 3.13. The predicted molar refractivity (Wildman–Crippen MR) is 43.6 cm³/mol. The van der Waals surface area contributed by atoms with E-state index in [1.165, 1.54) is 12.8 Å². The van der Waals surface area contributed by atoms with E-state index in [-0.39, 0.29) is 0 Å². The summed E-state index contributed by atoms with van der Waals surface area (Å²) in [7, 11) is 0. The Balaban J connectivity index is 1.98. The third-order valence-electron chi connectivity index (χ3n) is 2.31. The summed E-state index contributed by atoms with van der Waals surface area (Å²) in [6.45, 7) is 3.45. The standard InChI is InChI=1S/C6H13N3S/c1-3-7-4-2-6(1)5-8-10-9-6/h7-9H,1-5H2. The molecule has 4 heteroatoms. The van der Waals surface area contributed by atoms with E-state index in [1.807, 2.05) is 0 Å². The highest BCUT2D eigenvalue weighted by Crippen LogP contribution is 2.24. The lowest BCUT2D eigenvalue weighted by Gasteiger charge is -2.32. The van der Waals surface area contributed by atoms with E-state index >= 15 is 0 Å². The summed E-state index contributed by atoms with van der Waals surface area (Å²) >= 11 is 1.65. The van der Waals surface area contributed by atoms with Gasteiger partial charge in [-0.25, -0.2) is 9.44 Å². The van der Waals surface area contributed by atoms with Gasteiger partial charge in [0, 0.05) is 24.2 Å². The smallest absolute Gasteiger partial charge is 0.0453 e. The van der Waals surface area contributed by atoms with Gasteiger partial charge in [0.15, 0.2) is 0 Å². The van der Waals surface area contributed by atoms with Crippen molar-refractivity contribution in [2.75, 3.05) is 19.6 Å². The number of rotatable bonds is 0. The monoisotopic (exact) mass is 159 g/mol. The van der Waals surface area contributed by atoms with E-state index in [1.54, 1.807) is 12.1 Å². The van der Waals surface area contributed by atoms with Crippen molar-refractivity contribution in [2.24, 2.45) is 0 Å². The van der Waals surface area contributed by atoms with Crippen LogP contribution in [-0.2, 0) is 0 Å². The molecule has 2 saturated heterocycles. The molecule has 0 aromatic carbocycles. The summed E-state index contributed by atoms with van der Waals surface area (Å²) in [5.41, 5.74) is 0.413. The fourth-order valence-corrected chi connectivity index (χ4v) is 2.45. The van der Waals surface area contributed by atoms with Crippen molar-refractivity contribution in [2.45, 2.75) is 18.4 Å². The second kappa shape index (κ2) is 2.70. The Kier molecular flexibility index (Phi) is 1.86. The second-order valence-electron chi connectivity index (χ2n) is 3.06. The SMILES string of the molecule is C1CC2(CCN1)CNSN2. The molecule has 0 radical (unpaired) electrons. The zero-order valence-corrected chi connectivity index (χ0v) is 6.76. The zero-order chi connectivity index (χ0) is 6.86. The molecule has 2 aliphatic rings. The van der Waals surface area contributed by atoms with Crippen LogP contribution in [0.5, 0.6) is 0 Å². The summed E-state index contributed by atoms with van der Waals surface area (Å²) < 4.78 is 6.70. The summed E-state index contributed by atoms with van der Waals surface area (Å²) in [6, 6.07) is 0. The molecule has 2 fully saturated rings. The van der Waals surface area contributed by atoms with Crippen molar-refractivity contribution in [3.05, 3.63) is 0 Å². The number of hydrogen-bond donors (Lipinski definition) is 3. The van der Waals surface area contributed by atoms with Crippen molar-refractivity contribution in [3.63, 3.8) is 0 Å². The molecule has 2 aliphatic heterocycles. The lowest BCUT2D eigenvalue weighted by molar-refractivity contribution is 0.306. The first-order valence-electron chi connectivity index (χ1n) is 3.78. The number of piperidine rings is 1. The molecular formula is C6H13N3S. The highest BCUT2D eigenvalue weighted by Gasteiger charge is 2.34. The molecule has 1 spiro atoms. The molecule has 0 atom stereocenters. The van der Waals surface area contributed by atoms with Crippen LogP contribution in [-0.4, -0.2) is 25.2 Å². The summed E-state index contributed by atoms with van der Waals surface area (Å²) in [5, 5.41) is 3.36. The molecule has 0 aromatic rings. The largest absolute Gasteiger partial charge is 0.317 e. The van der Waals surface area contributed by atoms with E-state index in [9.17, 15) is 0 Å². The lowest BCUT2D eigenvalue weighted by atomic mass is 9.90. The van der Waals surface area contributed by atoms with Gasteiger partial charge in [0.05, 0.1) is 0 Å². The van der Waals surface area contributed by atoms with Crippen LogP contribution in [0.15, 0.2) is 0 Å². The van der Waals surface area contributed by atoms with Crippen molar-refractivity contribution in [3.8, 4) is 0 Å². The molecule has 0 saturated carbocycles. The fourth-order valence-electron chi connectivity index (χ4n) is 1.54. The minimum absolute atomic E-state index is 0.413. The van der Waals surface area contributed by atoms with Crippen LogP contribution >= 0.6 is 12.1 Å². The van der Waals surface area contributed by atoms with Gasteiger partial charge in [-0.15, -0.1) is 0 Å². The Labute approximate surface area is 65.6 Å². The van der Waals surface area contributed by atoms with E-state index in [4.69, 9.17) is 0 Å². The summed E-state index contributed by atoms with van der Waals surface area (Å²) in [6.07, 6.45) is 2.51. The molecule has 0 aliphatic carbocycles. The highest BCUT2D eigenvalue weighted by atomic mass is 32.2. The minimum Gasteiger partial charge on any atom is -0.317 e. The van der Waals surface area contributed by atoms with Gasteiger partial charge in [-0.2, -0.15) is 0 Å². The first kappa shape index (κ1) is 6.91. The summed E-state index contributed by atoms with van der Waals surface area (Å²) in [4.78, 5) is 0. The average Bonchev–Trinajstić information content (AvgIpc) is 2.39. The normalized spacial score (nSPS) is 31.2. The Bertz CT molecular complexity index is 114. The zero-order valence-electron chi connectivity index (χ0n) is 5.94. The quantitative estimate of drug-likeness (QED) is 0.430.